The molecule has 2 aromatic carbocycles. The van der Waals surface area contributed by atoms with Crippen LogP contribution in [0.4, 0.5) is 4.39 Å². The predicted molar refractivity (Wildman–Crippen MR) is 89.0 cm³/mol. The van der Waals surface area contributed by atoms with Gasteiger partial charge in [-0.25, -0.2) is 14.2 Å². The van der Waals surface area contributed by atoms with Crippen LogP contribution >= 0.6 is 0 Å². The highest BCUT2D eigenvalue weighted by molar-refractivity contribution is 5.86. The molecular formula is C19H14FNO4. The Morgan fingerprint density at radius 3 is 2.16 bits per heavy atom. The number of nitrogens with zero attached hydrogens (tertiary/aromatic N) is 1. The number of aliphatic hydroxyl groups excluding tert-OH is 1. The van der Waals surface area contributed by atoms with E-state index in [9.17, 15) is 14.3 Å². The molecule has 0 unspecified atom stereocenters. The molecule has 0 bridgehead atoms. The quantitative estimate of drug-likeness (QED) is 0.738. The number of aromatic carboxylic acids is 1. The smallest absolute Gasteiger partial charge is 0.354 e. The number of hydrogen-bond donors (Lipinski definition) is 2. The Bertz CT molecular complexity index is 892. The number of carboxylic acids is 1. The van der Waals surface area contributed by atoms with Gasteiger partial charge >= 0.3 is 5.97 Å². The van der Waals surface area contributed by atoms with Crippen molar-refractivity contribution in [2.45, 2.75) is 6.61 Å². The first-order valence-corrected chi connectivity index (χ1v) is 7.44. The van der Waals surface area contributed by atoms with E-state index in [1.807, 2.05) is 0 Å². The van der Waals surface area contributed by atoms with Crippen molar-refractivity contribution >= 4 is 5.97 Å². The first-order valence-electron chi connectivity index (χ1n) is 7.44. The van der Waals surface area contributed by atoms with Crippen LogP contribution in [0, 0.1) is 5.82 Å². The van der Waals surface area contributed by atoms with Gasteiger partial charge in [0.05, 0.1) is 12.3 Å². The van der Waals surface area contributed by atoms with Gasteiger partial charge in [-0.3, -0.25) is 0 Å². The number of pyridine rings is 1. The van der Waals surface area contributed by atoms with E-state index in [0.717, 1.165) is 0 Å². The van der Waals surface area contributed by atoms with Crippen LogP contribution in [0.1, 0.15) is 16.1 Å². The summed E-state index contributed by atoms with van der Waals surface area (Å²) in [5.41, 5.74) is 1.46. The molecular weight excluding hydrogens is 325 g/mol. The van der Waals surface area contributed by atoms with Crippen molar-refractivity contribution in [3.63, 3.8) is 0 Å². The molecule has 25 heavy (non-hydrogen) atoms. The summed E-state index contributed by atoms with van der Waals surface area (Å²) in [7, 11) is 0. The van der Waals surface area contributed by atoms with Gasteiger partial charge < -0.3 is 14.9 Å². The third kappa shape index (κ3) is 3.99. The molecule has 3 aromatic rings. The van der Waals surface area contributed by atoms with E-state index in [-0.39, 0.29) is 18.1 Å². The van der Waals surface area contributed by atoms with Crippen LogP contribution in [0.2, 0.25) is 0 Å². The normalized spacial score (nSPS) is 10.5. The summed E-state index contributed by atoms with van der Waals surface area (Å²) in [6.45, 7) is -0.276. The Morgan fingerprint density at radius 2 is 1.60 bits per heavy atom. The summed E-state index contributed by atoms with van der Waals surface area (Å²) in [4.78, 5) is 15.2. The average molecular weight is 339 g/mol. The largest absolute Gasteiger partial charge is 0.477 e. The van der Waals surface area contributed by atoms with E-state index in [0.29, 0.717) is 28.3 Å². The molecule has 0 aliphatic carbocycles. The molecule has 5 nitrogen and oxygen atoms in total. The highest BCUT2D eigenvalue weighted by atomic mass is 19.1. The topological polar surface area (TPSA) is 79.7 Å². The number of carboxylic acid groups (broad SMARTS) is 1. The third-order valence-electron chi connectivity index (χ3n) is 3.49. The van der Waals surface area contributed by atoms with Crippen molar-refractivity contribution in [3.05, 3.63) is 77.7 Å². The minimum Gasteiger partial charge on any atom is -0.477 e. The minimum absolute atomic E-state index is 0.131. The van der Waals surface area contributed by atoms with Gasteiger partial charge in [0.25, 0.3) is 0 Å². The first kappa shape index (κ1) is 16.6. The lowest BCUT2D eigenvalue weighted by molar-refractivity contribution is 0.0690. The van der Waals surface area contributed by atoms with E-state index >= 15 is 0 Å². The fourth-order valence-electron chi connectivity index (χ4n) is 2.27. The minimum atomic E-state index is -1.16. The molecule has 1 aromatic heterocycles. The molecule has 0 atom stereocenters. The SMILES string of the molecule is O=C(O)c1cc(CO)cc(-c2ccc(Oc3ccc(F)cc3)cc2)n1. The number of rotatable bonds is 5. The summed E-state index contributed by atoms with van der Waals surface area (Å²) in [5.74, 6) is -0.450. The van der Waals surface area contributed by atoms with Gasteiger partial charge in [-0.05, 0) is 66.2 Å². The Labute approximate surface area is 143 Å². The van der Waals surface area contributed by atoms with Crippen LogP contribution in [0.5, 0.6) is 11.5 Å². The molecule has 6 heteroatoms. The number of hydrogen-bond acceptors (Lipinski definition) is 4. The predicted octanol–water partition coefficient (Wildman–Crippen LogP) is 3.87. The summed E-state index contributed by atoms with van der Waals surface area (Å²) in [5, 5.41) is 18.4. The first-order chi connectivity index (χ1) is 12.0. The van der Waals surface area contributed by atoms with Gasteiger partial charge in [0.2, 0.25) is 0 Å². The van der Waals surface area contributed by atoms with Crippen LogP contribution in [-0.2, 0) is 6.61 Å². The molecule has 0 spiro atoms. The van der Waals surface area contributed by atoms with Crippen molar-refractivity contribution in [2.24, 2.45) is 0 Å². The molecule has 3 rings (SSSR count). The highest BCUT2D eigenvalue weighted by Gasteiger charge is 2.10. The highest BCUT2D eigenvalue weighted by Crippen LogP contribution is 2.26. The number of benzene rings is 2. The Hall–Kier alpha value is -3.25. The molecule has 0 radical (unpaired) electrons. The van der Waals surface area contributed by atoms with Crippen LogP contribution < -0.4 is 4.74 Å². The zero-order valence-corrected chi connectivity index (χ0v) is 13.0. The van der Waals surface area contributed by atoms with Gasteiger partial charge in [0.15, 0.2) is 0 Å². The summed E-state index contributed by atoms with van der Waals surface area (Å²) in [6, 6.07) is 15.5. The number of aromatic nitrogens is 1. The maximum absolute atomic E-state index is 12.9. The maximum Gasteiger partial charge on any atom is 0.354 e. The van der Waals surface area contributed by atoms with Crippen molar-refractivity contribution in [1.29, 1.82) is 0 Å². The second-order valence-electron chi connectivity index (χ2n) is 5.29. The van der Waals surface area contributed by atoms with E-state index in [1.165, 1.54) is 30.3 Å². The maximum atomic E-state index is 12.9. The van der Waals surface area contributed by atoms with E-state index < -0.39 is 5.97 Å². The van der Waals surface area contributed by atoms with Crippen LogP contribution in [0.3, 0.4) is 0 Å². The lowest BCUT2D eigenvalue weighted by Gasteiger charge is -2.08. The summed E-state index contributed by atoms with van der Waals surface area (Å²) in [6.07, 6.45) is 0. The lowest BCUT2D eigenvalue weighted by Crippen LogP contribution is -2.03. The van der Waals surface area contributed by atoms with Crippen molar-refractivity contribution in [1.82, 2.24) is 4.98 Å². The Morgan fingerprint density at radius 1 is 1.00 bits per heavy atom. The van der Waals surface area contributed by atoms with Gasteiger partial charge in [0, 0.05) is 5.56 Å². The Kier molecular flexibility index (Phi) is 4.72. The third-order valence-corrected chi connectivity index (χ3v) is 3.49. The molecule has 0 amide bonds. The summed E-state index contributed by atoms with van der Waals surface area (Å²) < 4.78 is 18.5. The standard InChI is InChI=1S/C19H14FNO4/c20-14-3-7-16(8-4-14)25-15-5-1-13(2-6-15)17-9-12(11-22)10-18(21-17)19(23)24/h1-10,22H,11H2,(H,23,24). The zero-order chi connectivity index (χ0) is 17.8. The fourth-order valence-corrected chi connectivity index (χ4v) is 2.27. The van der Waals surface area contributed by atoms with Crippen LogP contribution in [0.25, 0.3) is 11.3 Å². The molecule has 0 fully saturated rings. The van der Waals surface area contributed by atoms with Gasteiger partial charge in [-0.2, -0.15) is 0 Å². The fraction of sp³-hybridized carbons (Fsp3) is 0.0526. The molecule has 0 saturated carbocycles. The van der Waals surface area contributed by atoms with E-state index in [1.54, 1.807) is 30.3 Å². The van der Waals surface area contributed by atoms with E-state index in [2.05, 4.69) is 4.98 Å². The lowest BCUT2D eigenvalue weighted by atomic mass is 10.1. The Balaban J connectivity index is 1.85. The molecule has 0 saturated heterocycles. The van der Waals surface area contributed by atoms with Gasteiger partial charge in [-0.1, -0.05) is 0 Å². The van der Waals surface area contributed by atoms with E-state index in [4.69, 9.17) is 9.84 Å². The second-order valence-corrected chi connectivity index (χ2v) is 5.29. The van der Waals surface area contributed by atoms with Gasteiger partial charge in [0.1, 0.15) is 23.0 Å². The second kappa shape index (κ2) is 7.11. The van der Waals surface area contributed by atoms with Crippen molar-refractivity contribution < 1.29 is 24.1 Å². The monoisotopic (exact) mass is 339 g/mol. The number of ether oxygens (including phenoxy) is 1. The molecule has 0 aliphatic rings. The summed E-state index contributed by atoms with van der Waals surface area (Å²) >= 11 is 0. The molecule has 1 heterocycles. The molecule has 2 N–H and O–H groups in total. The van der Waals surface area contributed by atoms with Gasteiger partial charge in [-0.15, -0.1) is 0 Å². The average Bonchev–Trinajstić information content (AvgIpc) is 2.64. The van der Waals surface area contributed by atoms with Crippen molar-refractivity contribution in [3.8, 4) is 22.8 Å². The number of halogens is 1. The van der Waals surface area contributed by atoms with Crippen LogP contribution in [0.15, 0.2) is 60.7 Å². The number of aliphatic hydroxyl groups is 1. The molecule has 126 valence electrons. The van der Waals surface area contributed by atoms with Crippen molar-refractivity contribution in [2.75, 3.05) is 0 Å². The van der Waals surface area contributed by atoms with Crippen LogP contribution in [-0.4, -0.2) is 21.2 Å². The molecule has 0 aliphatic heterocycles. The zero-order valence-electron chi connectivity index (χ0n) is 13.0. The number of carbonyl (C=O) groups is 1.